The number of aryl methyl sites for hydroxylation is 1. The number of benzene rings is 3. The van der Waals surface area contributed by atoms with Crippen molar-refractivity contribution in [1.29, 1.82) is 0 Å². The quantitative estimate of drug-likeness (QED) is 0.0754. The fourth-order valence-electron chi connectivity index (χ4n) is 14.4. The average Bonchev–Trinajstić information content (AvgIpc) is 4.54. The number of nitrogens with one attached hydrogen (secondary N) is 2. The van der Waals surface area contributed by atoms with Crippen LogP contribution in [0.5, 0.6) is 11.8 Å². The normalized spacial score (nSPS) is 24.5. The van der Waals surface area contributed by atoms with Crippen molar-refractivity contribution in [2.75, 3.05) is 51.3 Å². The van der Waals surface area contributed by atoms with E-state index >= 15 is 0 Å². The number of aromatic nitrogens is 5. The highest BCUT2D eigenvalue weighted by molar-refractivity contribution is 7.13. The summed E-state index contributed by atoms with van der Waals surface area (Å²) in [6.45, 7) is 13.1. The van der Waals surface area contributed by atoms with Gasteiger partial charge in [-0.3, -0.25) is 19.5 Å². The number of phenols is 1. The summed E-state index contributed by atoms with van der Waals surface area (Å²) in [5, 5.41) is 35.8. The molecule has 5 aliphatic heterocycles. The van der Waals surface area contributed by atoms with Crippen LogP contribution in [-0.4, -0.2) is 150 Å². The maximum Gasteiger partial charge on any atom is 0.409 e. The third-order valence-corrected chi connectivity index (χ3v) is 19.5. The number of β-amino-alcohol motifs (C(OH)–C–C–N with tert-alkyl or cyclic N) is 1. The van der Waals surface area contributed by atoms with Gasteiger partial charge >= 0.3 is 12.1 Å². The molecule has 0 radical (unpaired) electrons. The van der Waals surface area contributed by atoms with E-state index in [1.807, 2.05) is 87.9 Å². The summed E-state index contributed by atoms with van der Waals surface area (Å²) in [6, 6.07) is 19.5. The SMILES string of the molecule is Cc1ncsc1-c1ccc([C@H](C)NC(=O)[C@@H]2C[C@@H](O)CN2C(=O)[C@H](c2cc(CN(C)C(=O)OC[C@@H]3CC[C@]4(COc5nc(N6CC7CCC(C6)N7)c6cnc7c(c6n5)C(C)c5cccc6cc(O)cc-7c56)CCCN34)no2)C(C)C)cc1. The molecule has 19 nitrogen and oxygen atoms in total. The molecule has 9 atom stereocenters. The first-order valence-electron chi connectivity index (χ1n) is 29.1. The van der Waals surface area contributed by atoms with Crippen LogP contribution in [0.2, 0.25) is 0 Å². The van der Waals surface area contributed by atoms with Crippen molar-refractivity contribution in [1.82, 2.24) is 50.4 Å². The van der Waals surface area contributed by atoms with Crippen molar-refractivity contribution in [2.45, 2.75) is 140 Å². The molecule has 1 aliphatic carbocycles. The Kier molecular flexibility index (Phi) is 14.2. The number of anilines is 1. The van der Waals surface area contributed by atoms with Gasteiger partial charge in [0.2, 0.25) is 11.8 Å². The van der Waals surface area contributed by atoms with E-state index in [2.05, 4.69) is 43.6 Å². The lowest BCUT2D eigenvalue weighted by Crippen LogP contribution is -2.51. The van der Waals surface area contributed by atoms with E-state index in [0.717, 1.165) is 124 Å². The highest BCUT2D eigenvalue weighted by Gasteiger charge is 2.51. The zero-order valence-electron chi connectivity index (χ0n) is 47.3. The number of carbonyl (C=O) groups is 3. The zero-order chi connectivity index (χ0) is 56.7. The average molecular weight is 1130 g/mol. The summed E-state index contributed by atoms with van der Waals surface area (Å²) in [7, 11) is 1.65. The minimum absolute atomic E-state index is 0.00822. The number of ether oxygens (including phenoxy) is 2. The van der Waals surface area contributed by atoms with Gasteiger partial charge in [0, 0.05) is 80.5 Å². The van der Waals surface area contributed by atoms with Gasteiger partial charge in [0.25, 0.3) is 0 Å². The minimum atomic E-state index is -0.877. The summed E-state index contributed by atoms with van der Waals surface area (Å²) in [5.41, 5.74) is 9.63. The summed E-state index contributed by atoms with van der Waals surface area (Å²) >= 11 is 1.58. The van der Waals surface area contributed by atoms with E-state index in [0.29, 0.717) is 36.2 Å². The first-order chi connectivity index (χ1) is 39.6. The summed E-state index contributed by atoms with van der Waals surface area (Å²) < 4.78 is 18.7. The molecule has 0 spiro atoms. The number of rotatable bonds is 15. The van der Waals surface area contributed by atoms with Gasteiger partial charge in [-0.1, -0.05) is 68.4 Å². The highest BCUT2D eigenvalue weighted by Crippen LogP contribution is 2.49. The largest absolute Gasteiger partial charge is 0.508 e. The number of fused-ring (bicyclic) bond motifs is 7. The number of aliphatic hydroxyl groups excluding tert-OH is 1. The van der Waals surface area contributed by atoms with E-state index in [4.69, 9.17) is 28.9 Å². The van der Waals surface area contributed by atoms with E-state index in [1.54, 1.807) is 24.5 Å². The Morgan fingerprint density at radius 3 is 2.57 bits per heavy atom. The fourth-order valence-corrected chi connectivity index (χ4v) is 15.2. The molecule has 3 aromatic carbocycles. The third-order valence-electron chi connectivity index (χ3n) is 18.5. The van der Waals surface area contributed by atoms with Crippen LogP contribution in [0, 0.1) is 12.8 Å². The standard InChI is InChI=1S/C62H71N11O8S/c1-33(2)51(59(77)72-29-45(75)24-49(72)58(76)65-35(4)37-11-13-38(14-12-37)56-36(5)64-32-82-56)50-22-42(69-81-50)26-70(6)61(78)79-30-43-17-19-62(18-8-20-73(43)62)31-80-60-67-55-48(57(68-60)71-27-40-15-16-41(28-71)66-40)25-63-54-47-23-44(74)21-39-9-7-10-46(53(39)47)34(3)52(54)55/h7,9-14,21-23,25,32-35,40-41,43,45,49,51,66,74-75H,8,15-20,24,26-31H2,1-6H3,(H,65,76)/t34?,35-,40?,41?,43-,45+,49-,51-,62-/m0/s1. The van der Waals surface area contributed by atoms with Gasteiger partial charge in [-0.05, 0) is 104 Å². The molecule has 3 unspecified atom stereocenters. The number of thiazole rings is 1. The highest BCUT2D eigenvalue weighted by atomic mass is 32.1. The van der Waals surface area contributed by atoms with E-state index in [-0.39, 0.29) is 73.1 Å². The van der Waals surface area contributed by atoms with Crippen molar-refractivity contribution in [2.24, 2.45) is 5.92 Å². The van der Waals surface area contributed by atoms with Gasteiger partial charge in [0.15, 0.2) is 0 Å². The Morgan fingerprint density at radius 1 is 1.00 bits per heavy atom. The summed E-state index contributed by atoms with van der Waals surface area (Å²) in [4.78, 5) is 70.8. The molecular formula is C62H71N11O8S. The molecule has 9 heterocycles. The lowest BCUT2D eigenvalue weighted by molar-refractivity contribution is -0.141. The molecule has 6 aliphatic rings. The second kappa shape index (κ2) is 21.5. The van der Waals surface area contributed by atoms with Crippen LogP contribution < -0.4 is 20.3 Å². The van der Waals surface area contributed by atoms with Crippen LogP contribution in [0.3, 0.4) is 0 Å². The van der Waals surface area contributed by atoms with Crippen molar-refractivity contribution < 1.29 is 38.6 Å². The van der Waals surface area contributed by atoms with E-state index < -0.39 is 24.2 Å². The molecule has 20 heteroatoms. The molecule has 3 amide bonds. The lowest BCUT2D eigenvalue weighted by Gasteiger charge is -2.36. The van der Waals surface area contributed by atoms with Crippen molar-refractivity contribution >= 4 is 56.7 Å². The number of piperazine rings is 1. The van der Waals surface area contributed by atoms with Gasteiger partial charge in [0.05, 0.1) is 56.9 Å². The first kappa shape index (κ1) is 54.0. The number of pyridine rings is 1. The van der Waals surface area contributed by atoms with Crippen LogP contribution in [0.4, 0.5) is 10.6 Å². The third kappa shape index (κ3) is 9.77. The van der Waals surface area contributed by atoms with Crippen LogP contribution in [0.15, 0.2) is 76.9 Å². The van der Waals surface area contributed by atoms with Crippen molar-refractivity contribution in [3.05, 3.63) is 106 Å². The second-order valence-corrected chi connectivity index (χ2v) is 25.1. The van der Waals surface area contributed by atoms with E-state index in [9.17, 15) is 24.6 Å². The number of nitrogens with zero attached hydrogens (tertiary/aromatic N) is 9. The molecule has 2 bridgehead atoms. The Morgan fingerprint density at radius 2 is 1.80 bits per heavy atom. The number of aromatic hydroxyl groups is 1. The number of phenolic OH excluding ortho intramolecular Hbond substituents is 1. The Bertz CT molecular complexity index is 3600. The number of hydrogen-bond donors (Lipinski definition) is 4. The second-order valence-electron chi connectivity index (χ2n) is 24.2. The molecule has 5 fully saturated rings. The molecule has 0 saturated carbocycles. The minimum Gasteiger partial charge on any atom is -0.508 e. The fraction of sp³-hybridized carbons (Fsp3) is 0.484. The number of aliphatic hydroxyl groups is 1. The zero-order valence-corrected chi connectivity index (χ0v) is 48.1. The number of amides is 3. The van der Waals surface area contributed by atoms with Crippen molar-refractivity contribution in [3.8, 4) is 33.5 Å². The number of carbonyl (C=O) groups excluding carboxylic acids is 3. The van der Waals surface area contributed by atoms with Crippen LogP contribution >= 0.6 is 11.3 Å². The Balaban J connectivity index is 0.657. The summed E-state index contributed by atoms with van der Waals surface area (Å²) in [5.74, 6) is -0.392. The number of likely N-dealkylation sites (tertiary alicyclic amines) is 1. The van der Waals surface area contributed by atoms with Gasteiger partial charge in [-0.25, -0.2) is 9.78 Å². The van der Waals surface area contributed by atoms with Crippen LogP contribution in [-0.2, 0) is 20.9 Å². The molecule has 5 saturated heterocycles. The number of hydrogen-bond acceptors (Lipinski definition) is 17. The smallest absolute Gasteiger partial charge is 0.409 e. The Labute approximate surface area is 480 Å². The topological polar surface area (TPSA) is 225 Å². The molecule has 13 rings (SSSR count). The maximum absolute atomic E-state index is 14.4. The molecule has 4 N–H and O–H groups in total. The predicted molar refractivity (Wildman–Crippen MR) is 311 cm³/mol. The monoisotopic (exact) mass is 1130 g/mol. The van der Waals surface area contributed by atoms with Gasteiger partial charge in [-0.15, -0.1) is 11.3 Å². The van der Waals surface area contributed by atoms with E-state index in [1.165, 1.54) is 15.4 Å². The molecule has 7 aromatic rings. The predicted octanol–water partition coefficient (Wildman–Crippen LogP) is 8.60. The maximum atomic E-state index is 14.4. The van der Waals surface area contributed by atoms with Gasteiger partial charge in [-0.2, -0.15) is 9.97 Å². The first-order valence-corrected chi connectivity index (χ1v) is 30.0. The van der Waals surface area contributed by atoms with Crippen molar-refractivity contribution in [3.63, 3.8) is 0 Å². The van der Waals surface area contributed by atoms with Gasteiger partial charge in [0.1, 0.15) is 48.2 Å². The lowest BCUT2D eigenvalue weighted by atomic mass is 9.79. The van der Waals surface area contributed by atoms with Crippen LogP contribution in [0.1, 0.15) is 124 Å². The molecular weight excluding hydrogens is 1060 g/mol. The van der Waals surface area contributed by atoms with Gasteiger partial charge < -0.3 is 49.5 Å². The molecule has 4 aromatic heterocycles. The summed E-state index contributed by atoms with van der Waals surface area (Å²) in [6.07, 6.45) is 6.53. The van der Waals surface area contributed by atoms with Crippen LogP contribution in [0.25, 0.3) is 43.4 Å². The molecule has 82 heavy (non-hydrogen) atoms. The Hall–Kier alpha value is -7.26. The molecule has 428 valence electrons.